The first-order chi connectivity index (χ1) is 12.4. The van der Waals surface area contributed by atoms with Crippen LogP contribution in [-0.4, -0.2) is 52.0 Å². The number of carbonyl (C=O) groups is 1. The molecule has 136 valence electrons. The number of fused-ring (bicyclic) bond motifs is 1. The normalized spacial score (nSPS) is 19.7. The highest BCUT2D eigenvalue weighted by Crippen LogP contribution is 2.28. The Labute approximate surface area is 151 Å². The number of amides is 1. The SMILES string of the molecule is Cn1cc([C@H]2CS(=O)(=O)CCN2C(=O)Cc2c[nH]c3ccccc23)cn1. The standard InChI is InChI=1S/C18H20N4O3S/c1-21-11-14(10-20-21)17-12-26(24,25)7-6-22(17)18(23)8-13-9-19-16-5-3-2-4-15(13)16/h2-5,9-11,17,19H,6-8,12H2,1H3/t17-/m1/s1. The van der Waals surface area contributed by atoms with Crippen LogP contribution in [-0.2, 0) is 28.1 Å². The number of aromatic amines is 1. The average molecular weight is 372 g/mol. The molecule has 2 aromatic heterocycles. The topological polar surface area (TPSA) is 88.1 Å². The Morgan fingerprint density at radius 2 is 2.15 bits per heavy atom. The molecule has 0 spiro atoms. The maximum Gasteiger partial charge on any atom is 0.227 e. The smallest absolute Gasteiger partial charge is 0.227 e. The number of aryl methyl sites for hydroxylation is 1. The molecule has 1 saturated heterocycles. The summed E-state index contributed by atoms with van der Waals surface area (Å²) in [4.78, 5) is 17.9. The Balaban J connectivity index is 1.62. The van der Waals surface area contributed by atoms with Gasteiger partial charge in [-0.3, -0.25) is 9.48 Å². The van der Waals surface area contributed by atoms with Gasteiger partial charge in [0.25, 0.3) is 0 Å². The summed E-state index contributed by atoms with van der Waals surface area (Å²) in [6.07, 6.45) is 5.50. The van der Waals surface area contributed by atoms with E-state index in [0.717, 1.165) is 22.0 Å². The van der Waals surface area contributed by atoms with Gasteiger partial charge in [-0.2, -0.15) is 5.10 Å². The van der Waals surface area contributed by atoms with Gasteiger partial charge in [0.1, 0.15) is 0 Å². The zero-order valence-electron chi connectivity index (χ0n) is 14.4. The highest BCUT2D eigenvalue weighted by molar-refractivity contribution is 7.91. The van der Waals surface area contributed by atoms with Crippen molar-refractivity contribution in [3.63, 3.8) is 0 Å². The number of sulfone groups is 1. The average Bonchev–Trinajstić information content (AvgIpc) is 3.21. The fourth-order valence-corrected chi connectivity index (χ4v) is 5.03. The van der Waals surface area contributed by atoms with Gasteiger partial charge in [-0.05, 0) is 11.6 Å². The molecule has 3 aromatic rings. The van der Waals surface area contributed by atoms with Crippen LogP contribution in [0, 0.1) is 0 Å². The molecule has 0 radical (unpaired) electrons. The summed E-state index contributed by atoms with van der Waals surface area (Å²) in [6.45, 7) is 0.211. The fourth-order valence-electron chi connectivity index (χ4n) is 3.54. The minimum absolute atomic E-state index is 0.00336. The third-order valence-corrected chi connectivity index (χ3v) is 6.51. The molecule has 1 aliphatic rings. The largest absolute Gasteiger partial charge is 0.361 e. The summed E-state index contributed by atoms with van der Waals surface area (Å²) in [5.41, 5.74) is 2.66. The van der Waals surface area contributed by atoms with E-state index in [2.05, 4.69) is 10.1 Å². The monoisotopic (exact) mass is 372 g/mol. The van der Waals surface area contributed by atoms with Crippen LogP contribution in [0.25, 0.3) is 10.9 Å². The van der Waals surface area contributed by atoms with Gasteiger partial charge in [0.05, 0.1) is 30.2 Å². The van der Waals surface area contributed by atoms with Crippen LogP contribution >= 0.6 is 0 Å². The van der Waals surface area contributed by atoms with Gasteiger partial charge < -0.3 is 9.88 Å². The lowest BCUT2D eigenvalue weighted by Crippen LogP contribution is -2.46. The molecule has 0 saturated carbocycles. The van der Waals surface area contributed by atoms with E-state index in [1.54, 1.807) is 29.0 Å². The molecule has 1 atom stereocenters. The minimum atomic E-state index is -3.17. The maximum atomic E-state index is 13.0. The predicted octanol–water partition coefficient (Wildman–Crippen LogP) is 1.44. The van der Waals surface area contributed by atoms with Crippen molar-refractivity contribution in [3.8, 4) is 0 Å². The highest BCUT2D eigenvalue weighted by atomic mass is 32.2. The van der Waals surface area contributed by atoms with Crippen molar-refractivity contribution in [3.05, 3.63) is 54.0 Å². The fraction of sp³-hybridized carbons (Fsp3) is 0.333. The minimum Gasteiger partial charge on any atom is -0.361 e. The first kappa shape index (κ1) is 16.8. The van der Waals surface area contributed by atoms with Crippen LogP contribution < -0.4 is 0 Å². The number of hydrogen-bond acceptors (Lipinski definition) is 4. The first-order valence-corrected chi connectivity index (χ1v) is 10.3. The Morgan fingerprint density at radius 1 is 1.35 bits per heavy atom. The lowest BCUT2D eigenvalue weighted by Gasteiger charge is -2.35. The highest BCUT2D eigenvalue weighted by Gasteiger charge is 2.35. The van der Waals surface area contributed by atoms with E-state index in [1.807, 2.05) is 30.5 Å². The van der Waals surface area contributed by atoms with Gasteiger partial charge >= 0.3 is 0 Å². The van der Waals surface area contributed by atoms with E-state index in [4.69, 9.17) is 0 Å². The number of H-pyrrole nitrogens is 1. The van der Waals surface area contributed by atoms with Crippen LogP contribution in [0.1, 0.15) is 17.2 Å². The van der Waals surface area contributed by atoms with Gasteiger partial charge in [-0.1, -0.05) is 18.2 Å². The molecule has 26 heavy (non-hydrogen) atoms. The molecular weight excluding hydrogens is 352 g/mol. The summed E-state index contributed by atoms with van der Waals surface area (Å²) in [5.74, 6) is -0.125. The third kappa shape index (κ3) is 3.12. The summed E-state index contributed by atoms with van der Waals surface area (Å²) < 4.78 is 25.9. The predicted molar refractivity (Wildman–Crippen MR) is 98.3 cm³/mol. The Hall–Kier alpha value is -2.61. The number of nitrogens with zero attached hydrogens (tertiary/aromatic N) is 3. The number of aromatic nitrogens is 3. The van der Waals surface area contributed by atoms with Gasteiger partial charge in [-0.15, -0.1) is 0 Å². The second-order valence-corrected chi connectivity index (χ2v) is 8.93. The van der Waals surface area contributed by atoms with Crippen LogP contribution in [0.2, 0.25) is 0 Å². The number of para-hydroxylation sites is 1. The summed E-state index contributed by atoms with van der Waals surface area (Å²) in [7, 11) is -1.39. The van der Waals surface area contributed by atoms with Crippen molar-refractivity contribution in [1.29, 1.82) is 0 Å². The van der Waals surface area contributed by atoms with E-state index in [1.165, 1.54) is 0 Å². The summed E-state index contributed by atoms with van der Waals surface area (Å²) in [6, 6.07) is 7.34. The van der Waals surface area contributed by atoms with Crippen molar-refractivity contribution < 1.29 is 13.2 Å². The van der Waals surface area contributed by atoms with Gasteiger partial charge in [0.15, 0.2) is 9.84 Å². The number of hydrogen-bond donors (Lipinski definition) is 1. The molecule has 1 aromatic carbocycles. The molecular formula is C18H20N4O3S. The Morgan fingerprint density at radius 3 is 2.92 bits per heavy atom. The molecule has 0 unspecified atom stereocenters. The lowest BCUT2D eigenvalue weighted by molar-refractivity contribution is -0.132. The van der Waals surface area contributed by atoms with Crippen molar-refractivity contribution in [2.24, 2.45) is 7.05 Å². The first-order valence-electron chi connectivity index (χ1n) is 8.46. The van der Waals surface area contributed by atoms with Crippen LogP contribution in [0.4, 0.5) is 0 Å². The van der Waals surface area contributed by atoms with E-state index in [-0.39, 0.29) is 30.4 Å². The van der Waals surface area contributed by atoms with Gasteiger partial charge in [-0.25, -0.2) is 8.42 Å². The van der Waals surface area contributed by atoms with Crippen molar-refractivity contribution in [2.45, 2.75) is 12.5 Å². The van der Waals surface area contributed by atoms with Crippen molar-refractivity contribution in [2.75, 3.05) is 18.1 Å². The zero-order chi connectivity index (χ0) is 18.3. The van der Waals surface area contributed by atoms with Gasteiger partial charge in [0.2, 0.25) is 5.91 Å². The Bertz CT molecular complexity index is 1070. The van der Waals surface area contributed by atoms with E-state index < -0.39 is 15.9 Å². The Kier molecular flexibility index (Phi) is 4.07. The quantitative estimate of drug-likeness (QED) is 0.754. The second-order valence-electron chi connectivity index (χ2n) is 6.70. The maximum absolute atomic E-state index is 13.0. The van der Waals surface area contributed by atoms with Gasteiger partial charge in [0, 0.05) is 42.5 Å². The second kappa shape index (κ2) is 6.28. The van der Waals surface area contributed by atoms with Crippen LogP contribution in [0.15, 0.2) is 42.9 Å². The summed E-state index contributed by atoms with van der Waals surface area (Å²) >= 11 is 0. The molecule has 3 heterocycles. The molecule has 7 nitrogen and oxygen atoms in total. The molecule has 1 amide bonds. The van der Waals surface area contributed by atoms with E-state index >= 15 is 0 Å². The number of rotatable bonds is 3. The molecule has 1 N–H and O–H groups in total. The third-order valence-electron chi connectivity index (χ3n) is 4.88. The molecule has 1 aliphatic heterocycles. The van der Waals surface area contributed by atoms with Crippen molar-refractivity contribution in [1.82, 2.24) is 19.7 Å². The number of nitrogens with one attached hydrogen (secondary N) is 1. The lowest BCUT2D eigenvalue weighted by atomic mass is 10.1. The number of carbonyl (C=O) groups excluding carboxylic acids is 1. The molecule has 0 aliphatic carbocycles. The van der Waals surface area contributed by atoms with Crippen molar-refractivity contribution >= 4 is 26.6 Å². The molecule has 1 fully saturated rings. The van der Waals surface area contributed by atoms with E-state index in [0.29, 0.717) is 0 Å². The van der Waals surface area contributed by atoms with E-state index in [9.17, 15) is 13.2 Å². The molecule has 4 rings (SSSR count). The van der Waals surface area contributed by atoms with Crippen LogP contribution in [0.5, 0.6) is 0 Å². The zero-order valence-corrected chi connectivity index (χ0v) is 15.2. The molecule has 0 bridgehead atoms. The summed E-state index contributed by atoms with van der Waals surface area (Å²) in [5, 5.41) is 5.15. The molecule has 8 heteroatoms. The van der Waals surface area contributed by atoms with Crippen LogP contribution in [0.3, 0.4) is 0 Å². The number of benzene rings is 1.